The lowest BCUT2D eigenvalue weighted by atomic mass is 9.87. The highest BCUT2D eigenvalue weighted by molar-refractivity contribution is 7.16. The molecule has 0 aliphatic carbocycles. The van der Waals surface area contributed by atoms with Crippen molar-refractivity contribution in [3.05, 3.63) is 47.3 Å². The molecule has 1 saturated heterocycles. The Morgan fingerprint density at radius 1 is 1.23 bits per heavy atom. The fourth-order valence-corrected chi connectivity index (χ4v) is 5.34. The number of fused-ring (bicyclic) bond motifs is 2. The summed E-state index contributed by atoms with van der Waals surface area (Å²) >= 11 is 1.36. The van der Waals surface area contributed by atoms with Crippen LogP contribution >= 0.6 is 11.3 Å². The van der Waals surface area contributed by atoms with Crippen molar-refractivity contribution < 1.29 is 9.84 Å². The van der Waals surface area contributed by atoms with Gasteiger partial charge in [-0.1, -0.05) is 27.6 Å². The van der Waals surface area contributed by atoms with Crippen molar-refractivity contribution in [2.24, 2.45) is 0 Å². The van der Waals surface area contributed by atoms with Gasteiger partial charge in [0.05, 0.1) is 16.9 Å². The van der Waals surface area contributed by atoms with Gasteiger partial charge < -0.3 is 15.2 Å². The average molecular weight is 424 g/mol. The summed E-state index contributed by atoms with van der Waals surface area (Å²) in [5.74, 6) is 0.145. The molecule has 3 aromatic rings. The van der Waals surface area contributed by atoms with E-state index in [0.29, 0.717) is 21.8 Å². The molecule has 30 heavy (non-hydrogen) atoms. The van der Waals surface area contributed by atoms with Gasteiger partial charge in [-0.05, 0) is 45.9 Å². The number of aromatic hydroxyl groups is 1. The average Bonchev–Trinajstić information content (AvgIpc) is 3.38. The number of phenols is 1. The summed E-state index contributed by atoms with van der Waals surface area (Å²) in [7, 11) is 0. The molecule has 2 N–H and O–H groups in total. The van der Waals surface area contributed by atoms with Crippen LogP contribution in [0.4, 0.5) is 0 Å². The maximum absolute atomic E-state index is 10.6. The van der Waals surface area contributed by atoms with Crippen molar-refractivity contribution in [3.8, 4) is 27.2 Å². The summed E-state index contributed by atoms with van der Waals surface area (Å²) in [6.07, 6.45) is 3.79. The number of hydrogen-bond acceptors (Lipinski definition) is 7. The molecular weight excluding hydrogens is 398 g/mol. The van der Waals surface area contributed by atoms with Crippen molar-refractivity contribution in [1.29, 1.82) is 0 Å². The molecule has 2 aliphatic rings. The van der Waals surface area contributed by atoms with Crippen LogP contribution in [0.15, 0.2) is 41.6 Å². The Morgan fingerprint density at radius 2 is 2.07 bits per heavy atom. The van der Waals surface area contributed by atoms with Crippen LogP contribution in [-0.4, -0.2) is 42.8 Å². The van der Waals surface area contributed by atoms with Crippen LogP contribution in [0, 0.1) is 6.92 Å². The molecule has 8 heteroatoms. The summed E-state index contributed by atoms with van der Waals surface area (Å²) in [6, 6.07) is 7.72. The zero-order valence-corrected chi connectivity index (χ0v) is 18.3. The van der Waals surface area contributed by atoms with E-state index in [-0.39, 0.29) is 17.4 Å². The van der Waals surface area contributed by atoms with Crippen LogP contribution in [0.3, 0.4) is 0 Å². The van der Waals surface area contributed by atoms with Gasteiger partial charge >= 0.3 is 0 Å². The number of hydrogen-bond donors (Lipinski definition) is 2. The monoisotopic (exact) mass is 423 g/mol. The fourth-order valence-electron chi connectivity index (χ4n) is 4.55. The highest BCUT2D eigenvalue weighted by Crippen LogP contribution is 2.42. The highest BCUT2D eigenvalue weighted by atomic mass is 32.1. The van der Waals surface area contributed by atoms with Crippen molar-refractivity contribution in [2.45, 2.75) is 58.2 Å². The third kappa shape index (κ3) is 3.20. The minimum atomic E-state index is -0.00978. The Labute approximate surface area is 179 Å². The normalized spacial score (nSPS) is 25.7. The Kier molecular flexibility index (Phi) is 4.44. The van der Waals surface area contributed by atoms with Crippen molar-refractivity contribution in [1.82, 2.24) is 25.3 Å². The van der Waals surface area contributed by atoms with Crippen LogP contribution in [0.2, 0.25) is 0 Å². The number of ether oxygens (including phenoxy) is 1. The summed E-state index contributed by atoms with van der Waals surface area (Å²) in [5, 5.41) is 28.3. The van der Waals surface area contributed by atoms with E-state index < -0.39 is 0 Å². The zero-order valence-electron chi connectivity index (χ0n) is 17.5. The first-order chi connectivity index (χ1) is 14.3. The third-order valence-corrected chi connectivity index (χ3v) is 7.29. The molecule has 7 nitrogen and oxygen atoms in total. The maximum Gasteiger partial charge on any atom is 0.294 e. The Hall–Kier alpha value is -2.71. The standard InChI is InChI=1S/C22H25N5O2S/c1-12-7-8-27(26-12)15-5-6-17(19(28)9-15)20-24-25-21(30-20)29-16-10-18-13(2)14(3)22(4,11-16)23-18/h5-9,16,18,23,28H,10-11H2,1-4H3. The van der Waals surface area contributed by atoms with Gasteiger partial charge in [0.1, 0.15) is 11.9 Å². The van der Waals surface area contributed by atoms with Gasteiger partial charge in [-0.25, -0.2) is 4.68 Å². The van der Waals surface area contributed by atoms with E-state index in [2.05, 4.69) is 41.4 Å². The molecule has 3 atom stereocenters. The van der Waals surface area contributed by atoms with Crippen LogP contribution in [-0.2, 0) is 0 Å². The number of piperidine rings is 1. The summed E-state index contributed by atoms with van der Waals surface area (Å²) in [6.45, 7) is 8.60. The van der Waals surface area contributed by atoms with Crippen LogP contribution in [0.1, 0.15) is 39.3 Å². The van der Waals surface area contributed by atoms with Gasteiger partial charge in [0.15, 0.2) is 5.01 Å². The molecule has 2 aliphatic heterocycles. The van der Waals surface area contributed by atoms with E-state index in [1.54, 1.807) is 10.7 Å². The molecule has 0 radical (unpaired) electrons. The molecule has 0 saturated carbocycles. The van der Waals surface area contributed by atoms with Gasteiger partial charge in [-0.15, -0.1) is 5.10 Å². The number of rotatable bonds is 4. The number of aromatic nitrogens is 4. The van der Waals surface area contributed by atoms with E-state index in [1.165, 1.54) is 22.5 Å². The molecule has 1 aromatic carbocycles. The zero-order chi connectivity index (χ0) is 21.0. The van der Waals surface area contributed by atoms with E-state index in [1.807, 2.05) is 31.3 Å². The van der Waals surface area contributed by atoms with Gasteiger partial charge in [0.25, 0.3) is 5.19 Å². The second-order valence-corrected chi connectivity index (χ2v) is 9.43. The topological polar surface area (TPSA) is 85.1 Å². The van der Waals surface area contributed by atoms with Crippen LogP contribution in [0.25, 0.3) is 16.3 Å². The van der Waals surface area contributed by atoms with E-state index >= 15 is 0 Å². The second-order valence-electron chi connectivity index (χ2n) is 8.49. The minimum absolute atomic E-state index is 0.00978. The van der Waals surface area contributed by atoms with Gasteiger partial charge in [-0.2, -0.15) is 5.10 Å². The lowest BCUT2D eigenvalue weighted by Gasteiger charge is -2.37. The molecule has 1 fully saturated rings. The molecule has 4 heterocycles. The van der Waals surface area contributed by atoms with Crippen LogP contribution in [0.5, 0.6) is 10.9 Å². The molecule has 3 unspecified atom stereocenters. The van der Waals surface area contributed by atoms with E-state index in [4.69, 9.17) is 4.74 Å². The lowest BCUT2D eigenvalue weighted by Crippen LogP contribution is -2.52. The third-order valence-electron chi connectivity index (χ3n) is 6.44. The molecule has 2 aromatic heterocycles. The number of benzene rings is 1. The van der Waals surface area contributed by atoms with Gasteiger partial charge in [0.2, 0.25) is 0 Å². The van der Waals surface area contributed by atoms with Gasteiger partial charge in [-0.3, -0.25) is 0 Å². The number of nitrogens with zero attached hydrogens (tertiary/aromatic N) is 4. The van der Waals surface area contributed by atoms with Gasteiger partial charge in [0, 0.05) is 36.7 Å². The molecule has 0 amide bonds. The maximum atomic E-state index is 10.6. The SMILES string of the molecule is CC1=C(C)C2(C)CC(Oc3nnc(-c4ccc(-n5ccc(C)n5)cc4O)s3)CC1N2. The van der Waals surface area contributed by atoms with Crippen LogP contribution < -0.4 is 10.1 Å². The van der Waals surface area contributed by atoms with Crippen molar-refractivity contribution in [3.63, 3.8) is 0 Å². The molecule has 156 valence electrons. The Bertz CT molecular complexity index is 1150. The molecule has 5 rings (SSSR count). The number of phenolic OH excluding ortho intramolecular Hbond substituents is 1. The Balaban J connectivity index is 1.33. The smallest absolute Gasteiger partial charge is 0.294 e. The molecular formula is C22H25N5O2S. The van der Waals surface area contributed by atoms with Crippen molar-refractivity contribution >= 4 is 11.3 Å². The fraction of sp³-hybridized carbons (Fsp3) is 0.409. The number of aryl methyl sites for hydroxylation is 1. The molecule has 2 bridgehead atoms. The quantitative estimate of drug-likeness (QED) is 0.617. The summed E-state index contributed by atoms with van der Waals surface area (Å²) in [5.41, 5.74) is 5.20. The first kappa shape index (κ1) is 19.3. The Morgan fingerprint density at radius 3 is 2.77 bits per heavy atom. The largest absolute Gasteiger partial charge is 0.507 e. The first-order valence-corrected chi connectivity index (χ1v) is 11.0. The van der Waals surface area contributed by atoms with E-state index in [9.17, 15) is 5.11 Å². The predicted octanol–water partition coefficient (Wildman–Crippen LogP) is 4.01. The summed E-state index contributed by atoms with van der Waals surface area (Å²) in [4.78, 5) is 0. The molecule has 0 spiro atoms. The minimum Gasteiger partial charge on any atom is -0.507 e. The summed E-state index contributed by atoms with van der Waals surface area (Å²) < 4.78 is 7.95. The highest BCUT2D eigenvalue weighted by Gasteiger charge is 2.45. The first-order valence-electron chi connectivity index (χ1n) is 10.1. The second kappa shape index (κ2) is 6.92. The van der Waals surface area contributed by atoms with E-state index in [0.717, 1.165) is 24.2 Å². The van der Waals surface area contributed by atoms with Crippen molar-refractivity contribution in [2.75, 3.05) is 0 Å². The predicted molar refractivity (Wildman–Crippen MR) is 116 cm³/mol. The number of nitrogens with one attached hydrogen (secondary N) is 1. The lowest BCUT2D eigenvalue weighted by molar-refractivity contribution is 0.111.